The summed E-state index contributed by atoms with van der Waals surface area (Å²) < 4.78 is 6.25. The zero-order chi connectivity index (χ0) is 16.5. The smallest absolute Gasteiger partial charge is 0.363 e. The number of nitrogens with zero attached hydrogens (tertiary/aromatic N) is 1. The number of rotatable bonds is 2. The fraction of sp³-hybridized carbons (Fsp3) is 0. The lowest BCUT2D eigenvalue weighted by molar-refractivity contribution is -0.129. The molecule has 1 aliphatic heterocycles. The maximum Gasteiger partial charge on any atom is 0.363 e. The van der Waals surface area contributed by atoms with Gasteiger partial charge in [0.15, 0.2) is 5.70 Å². The Morgan fingerprint density at radius 2 is 1.67 bits per heavy atom. The average molecular weight is 378 g/mol. The Labute approximate surface area is 147 Å². The maximum atomic E-state index is 12.1. The predicted octanol–water partition coefficient (Wildman–Crippen LogP) is 4.95. The van der Waals surface area contributed by atoms with Crippen LogP contribution in [0.2, 0.25) is 0 Å². The number of fused-ring (bicyclic) bond motifs is 1. The number of aliphatic imine (C=N–C) groups is 1. The molecule has 0 fully saturated rings. The lowest BCUT2D eigenvalue weighted by Gasteiger charge is -2.02. The van der Waals surface area contributed by atoms with Crippen LogP contribution in [0, 0.1) is 0 Å². The Morgan fingerprint density at radius 1 is 0.917 bits per heavy atom. The Hall–Kier alpha value is -2.72. The van der Waals surface area contributed by atoms with Crippen molar-refractivity contribution in [1.82, 2.24) is 0 Å². The Bertz CT molecular complexity index is 1020. The van der Waals surface area contributed by atoms with E-state index in [1.165, 1.54) is 0 Å². The van der Waals surface area contributed by atoms with Crippen LogP contribution in [-0.4, -0.2) is 11.9 Å². The molecule has 0 saturated carbocycles. The van der Waals surface area contributed by atoms with E-state index in [4.69, 9.17) is 4.74 Å². The van der Waals surface area contributed by atoms with E-state index in [0.717, 1.165) is 26.4 Å². The van der Waals surface area contributed by atoms with Crippen molar-refractivity contribution in [2.75, 3.05) is 0 Å². The molecule has 0 atom stereocenters. The zero-order valence-corrected chi connectivity index (χ0v) is 14.2. The molecule has 4 heteroatoms. The fourth-order valence-corrected chi connectivity index (χ4v) is 2.99. The summed E-state index contributed by atoms with van der Waals surface area (Å²) in [4.78, 5) is 16.5. The number of carbonyl (C=O) groups is 1. The predicted molar refractivity (Wildman–Crippen MR) is 98.7 cm³/mol. The largest absolute Gasteiger partial charge is 0.402 e. The zero-order valence-electron chi connectivity index (χ0n) is 12.6. The summed E-state index contributed by atoms with van der Waals surface area (Å²) in [5, 5.41) is 2.21. The first-order valence-corrected chi connectivity index (χ1v) is 8.26. The van der Waals surface area contributed by atoms with Crippen LogP contribution < -0.4 is 0 Å². The minimum Gasteiger partial charge on any atom is -0.402 e. The number of carbonyl (C=O) groups excluding carboxylic acids is 1. The molecule has 0 aromatic heterocycles. The maximum absolute atomic E-state index is 12.1. The lowest BCUT2D eigenvalue weighted by Crippen LogP contribution is -2.05. The molecule has 24 heavy (non-hydrogen) atoms. The molecule has 0 radical (unpaired) electrons. The van der Waals surface area contributed by atoms with Crippen molar-refractivity contribution in [3.8, 4) is 0 Å². The fourth-order valence-electron chi connectivity index (χ4n) is 2.59. The molecule has 0 amide bonds. The van der Waals surface area contributed by atoms with Crippen molar-refractivity contribution in [1.29, 1.82) is 0 Å². The highest BCUT2D eigenvalue weighted by Crippen LogP contribution is 2.24. The molecule has 0 spiro atoms. The molecule has 0 saturated heterocycles. The van der Waals surface area contributed by atoms with Crippen LogP contribution in [0.25, 0.3) is 16.8 Å². The first kappa shape index (κ1) is 14.8. The van der Waals surface area contributed by atoms with Crippen LogP contribution in [0.15, 0.2) is 81.9 Å². The van der Waals surface area contributed by atoms with Gasteiger partial charge in [-0.2, -0.15) is 0 Å². The van der Waals surface area contributed by atoms with Gasteiger partial charge in [-0.15, -0.1) is 0 Å². The summed E-state index contributed by atoms with van der Waals surface area (Å²) in [7, 11) is 0. The van der Waals surface area contributed by atoms with E-state index in [-0.39, 0.29) is 0 Å². The van der Waals surface area contributed by atoms with Crippen LogP contribution in [-0.2, 0) is 9.53 Å². The quantitative estimate of drug-likeness (QED) is 0.468. The lowest BCUT2D eigenvalue weighted by atomic mass is 10.1. The third-order valence-electron chi connectivity index (χ3n) is 3.81. The number of cyclic esters (lactones) is 1. The van der Waals surface area contributed by atoms with Crippen LogP contribution in [0.5, 0.6) is 0 Å². The van der Waals surface area contributed by atoms with Crippen molar-refractivity contribution >= 4 is 44.6 Å². The monoisotopic (exact) mass is 377 g/mol. The van der Waals surface area contributed by atoms with E-state index >= 15 is 0 Å². The van der Waals surface area contributed by atoms with Crippen LogP contribution in [0.4, 0.5) is 0 Å². The molecule has 1 heterocycles. The number of ether oxygens (including phenoxy) is 1. The summed E-state index contributed by atoms with van der Waals surface area (Å²) in [5.41, 5.74) is 1.97. The summed E-state index contributed by atoms with van der Waals surface area (Å²) >= 11 is 3.47. The number of halogens is 1. The molecule has 3 aromatic rings. The SMILES string of the molecule is O=C1OC(c2ccc3ccccc3c2)=N/C1=C\c1ccccc1Br. The van der Waals surface area contributed by atoms with Gasteiger partial charge in [0.2, 0.25) is 5.90 Å². The van der Waals surface area contributed by atoms with Crippen molar-refractivity contribution in [3.05, 3.63) is 88.0 Å². The van der Waals surface area contributed by atoms with E-state index in [0.29, 0.717) is 11.6 Å². The molecule has 116 valence electrons. The number of benzene rings is 3. The highest BCUT2D eigenvalue weighted by atomic mass is 79.9. The highest BCUT2D eigenvalue weighted by molar-refractivity contribution is 9.10. The van der Waals surface area contributed by atoms with Gasteiger partial charge in [-0.25, -0.2) is 9.79 Å². The van der Waals surface area contributed by atoms with E-state index in [1.807, 2.05) is 66.7 Å². The van der Waals surface area contributed by atoms with Gasteiger partial charge in [-0.05, 0) is 40.6 Å². The highest BCUT2D eigenvalue weighted by Gasteiger charge is 2.24. The second-order valence-electron chi connectivity index (χ2n) is 5.42. The molecular weight excluding hydrogens is 366 g/mol. The standard InChI is InChI=1S/C20H12BrNO2/c21-17-8-4-3-7-15(17)12-18-20(23)24-19(22-18)16-10-9-13-5-1-2-6-14(13)11-16/h1-12H/b18-12-. The molecule has 0 bridgehead atoms. The molecule has 1 aliphatic rings. The molecule has 0 N–H and O–H groups in total. The molecule has 4 rings (SSSR count). The Morgan fingerprint density at radius 3 is 2.50 bits per heavy atom. The van der Waals surface area contributed by atoms with E-state index in [2.05, 4.69) is 20.9 Å². The van der Waals surface area contributed by atoms with Gasteiger partial charge < -0.3 is 4.74 Å². The molecular formula is C20H12BrNO2. The van der Waals surface area contributed by atoms with Crippen LogP contribution in [0.3, 0.4) is 0 Å². The first-order valence-electron chi connectivity index (χ1n) is 7.47. The second-order valence-corrected chi connectivity index (χ2v) is 6.27. The van der Waals surface area contributed by atoms with E-state index in [9.17, 15) is 4.79 Å². The minimum absolute atomic E-state index is 0.296. The summed E-state index contributed by atoms with van der Waals surface area (Å²) in [6.45, 7) is 0. The number of hydrogen-bond acceptors (Lipinski definition) is 3. The van der Waals surface area contributed by atoms with Gasteiger partial charge in [0.05, 0.1) is 0 Å². The van der Waals surface area contributed by atoms with Gasteiger partial charge in [0.1, 0.15) is 0 Å². The van der Waals surface area contributed by atoms with Gasteiger partial charge in [0, 0.05) is 10.0 Å². The van der Waals surface area contributed by atoms with Crippen LogP contribution >= 0.6 is 15.9 Å². The summed E-state index contributed by atoms with van der Waals surface area (Å²) in [6, 6.07) is 21.6. The van der Waals surface area contributed by atoms with Gasteiger partial charge in [-0.3, -0.25) is 0 Å². The topological polar surface area (TPSA) is 38.7 Å². The van der Waals surface area contributed by atoms with Gasteiger partial charge >= 0.3 is 5.97 Å². The number of esters is 1. The van der Waals surface area contributed by atoms with Crippen molar-refractivity contribution in [3.63, 3.8) is 0 Å². The van der Waals surface area contributed by atoms with E-state index < -0.39 is 5.97 Å². The van der Waals surface area contributed by atoms with Crippen LogP contribution in [0.1, 0.15) is 11.1 Å². The molecule has 3 nitrogen and oxygen atoms in total. The minimum atomic E-state index is -0.436. The number of hydrogen-bond donors (Lipinski definition) is 0. The first-order chi connectivity index (χ1) is 11.7. The molecule has 0 unspecified atom stereocenters. The Balaban J connectivity index is 1.74. The molecule has 3 aromatic carbocycles. The van der Waals surface area contributed by atoms with Crippen molar-refractivity contribution in [2.45, 2.75) is 0 Å². The average Bonchev–Trinajstić information content (AvgIpc) is 2.97. The van der Waals surface area contributed by atoms with E-state index in [1.54, 1.807) is 6.08 Å². The third kappa shape index (κ3) is 2.76. The normalized spacial score (nSPS) is 15.6. The van der Waals surface area contributed by atoms with Gasteiger partial charge in [-0.1, -0.05) is 64.5 Å². The summed E-state index contributed by atoms with van der Waals surface area (Å²) in [5.74, 6) is -0.0991. The molecule has 0 aliphatic carbocycles. The van der Waals surface area contributed by atoms with Gasteiger partial charge in [0.25, 0.3) is 0 Å². The van der Waals surface area contributed by atoms with Crippen molar-refractivity contribution in [2.24, 2.45) is 4.99 Å². The van der Waals surface area contributed by atoms with Crippen molar-refractivity contribution < 1.29 is 9.53 Å². The second kappa shape index (κ2) is 6.06. The summed E-state index contributed by atoms with van der Waals surface area (Å²) in [6.07, 6.45) is 1.72. The Kier molecular flexibility index (Phi) is 3.75. The third-order valence-corrected chi connectivity index (χ3v) is 4.54.